The molecule has 0 aliphatic carbocycles. The van der Waals surface area contributed by atoms with Crippen molar-refractivity contribution < 1.29 is 19.0 Å². The van der Waals surface area contributed by atoms with Crippen LogP contribution in [-0.2, 0) is 25.6 Å². The van der Waals surface area contributed by atoms with Crippen molar-refractivity contribution in [2.75, 3.05) is 0 Å². The Morgan fingerprint density at radius 3 is 2.73 bits per heavy atom. The van der Waals surface area contributed by atoms with Gasteiger partial charge in [0.1, 0.15) is 20.1 Å². The topological polar surface area (TPSA) is 44.8 Å². The summed E-state index contributed by atoms with van der Waals surface area (Å²) in [4.78, 5) is 12.3. The molecule has 1 unspecified atom stereocenters. The molecule has 0 N–H and O–H groups in total. The molecule has 0 radical (unpaired) electrons. The zero-order valence-corrected chi connectivity index (χ0v) is 13.5. The molecule has 2 heterocycles. The summed E-state index contributed by atoms with van der Waals surface area (Å²) in [7, 11) is 2.02. The number of benzene rings is 1. The average Bonchev–Trinajstić information content (AvgIpc) is 2.91. The van der Waals surface area contributed by atoms with E-state index in [1.807, 2.05) is 38.2 Å². The highest BCUT2D eigenvalue weighted by atomic mass is 16.6. The van der Waals surface area contributed by atoms with E-state index in [0.717, 1.165) is 12.0 Å². The van der Waals surface area contributed by atoms with Gasteiger partial charge in [-0.1, -0.05) is 44.2 Å². The number of carbonyl (C=O) groups is 1. The molecule has 2 fully saturated rings. The molecule has 118 valence electrons. The van der Waals surface area contributed by atoms with Crippen molar-refractivity contribution in [3.63, 3.8) is 0 Å². The summed E-state index contributed by atoms with van der Waals surface area (Å²) in [6, 6.07) is 9.77. The summed E-state index contributed by atoms with van der Waals surface area (Å²) >= 11 is 0. The largest absolute Gasteiger partial charge is 0.461 e. The van der Waals surface area contributed by atoms with Gasteiger partial charge in [-0.25, -0.2) is 0 Å². The second-order valence-corrected chi connectivity index (χ2v) is 6.39. The van der Waals surface area contributed by atoms with Crippen molar-refractivity contribution in [2.24, 2.45) is 5.92 Å². The minimum Gasteiger partial charge on any atom is -0.461 e. The lowest BCUT2D eigenvalue weighted by atomic mass is 9.80. The SMILES string of the molecule is B[C@@H]1O[C@]2(CC(=O)OCc3ccccc3)C(C)[C@@H]1O[C@@H]2CC. The number of hydrogen-bond donors (Lipinski definition) is 0. The number of carbonyl (C=O) groups excluding carboxylic acids is 1. The van der Waals surface area contributed by atoms with Gasteiger partial charge in [-0.2, -0.15) is 0 Å². The molecule has 5 heteroatoms. The lowest BCUT2D eigenvalue weighted by Crippen LogP contribution is -2.47. The van der Waals surface area contributed by atoms with Gasteiger partial charge >= 0.3 is 5.97 Å². The molecule has 2 bridgehead atoms. The van der Waals surface area contributed by atoms with Crippen molar-refractivity contribution >= 4 is 13.8 Å². The number of rotatable bonds is 5. The van der Waals surface area contributed by atoms with Gasteiger partial charge in [-0.05, 0) is 12.0 Å². The second-order valence-electron chi connectivity index (χ2n) is 6.39. The van der Waals surface area contributed by atoms with Gasteiger partial charge in [-0.15, -0.1) is 0 Å². The van der Waals surface area contributed by atoms with Gasteiger partial charge in [0.05, 0.1) is 24.6 Å². The maximum Gasteiger partial charge on any atom is 0.309 e. The standard InChI is InChI=1S/C17H23BO4/c1-3-13-17(11(2)15(21-13)16(18)22-17)9-14(19)20-10-12-7-5-4-6-8-12/h4-8,11,13,15-16H,3,9-10,18H2,1-2H3/t11?,13-,15+,16-,17-/m1/s1. The van der Waals surface area contributed by atoms with Crippen LogP contribution >= 0.6 is 0 Å². The maximum atomic E-state index is 12.3. The molecule has 2 saturated heterocycles. The third-order valence-electron chi connectivity index (χ3n) is 5.03. The normalized spacial score (nSPS) is 36.5. The van der Waals surface area contributed by atoms with Crippen LogP contribution in [-0.4, -0.2) is 37.6 Å². The monoisotopic (exact) mass is 302 g/mol. The molecule has 2 aliphatic rings. The minimum atomic E-state index is -0.521. The Labute approximate surface area is 132 Å². The van der Waals surface area contributed by atoms with Crippen LogP contribution in [0.3, 0.4) is 0 Å². The maximum absolute atomic E-state index is 12.3. The molecule has 22 heavy (non-hydrogen) atoms. The van der Waals surface area contributed by atoms with Crippen molar-refractivity contribution in [3.05, 3.63) is 35.9 Å². The first-order valence-corrected chi connectivity index (χ1v) is 8.09. The summed E-state index contributed by atoms with van der Waals surface area (Å²) in [5, 5.41) is 0. The van der Waals surface area contributed by atoms with Crippen molar-refractivity contribution in [1.82, 2.24) is 0 Å². The zero-order chi connectivity index (χ0) is 15.7. The van der Waals surface area contributed by atoms with E-state index >= 15 is 0 Å². The van der Waals surface area contributed by atoms with Gasteiger partial charge in [0, 0.05) is 5.92 Å². The van der Waals surface area contributed by atoms with E-state index in [9.17, 15) is 4.79 Å². The molecule has 3 rings (SSSR count). The fourth-order valence-corrected chi connectivity index (χ4v) is 3.88. The molecule has 0 amide bonds. The summed E-state index contributed by atoms with van der Waals surface area (Å²) < 4.78 is 17.7. The predicted octanol–water partition coefficient (Wildman–Crippen LogP) is 1.66. The minimum absolute atomic E-state index is 0.0204. The molecule has 2 aliphatic heterocycles. The molecular weight excluding hydrogens is 279 g/mol. The van der Waals surface area contributed by atoms with Crippen LogP contribution in [0.15, 0.2) is 30.3 Å². The van der Waals surface area contributed by atoms with Crippen molar-refractivity contribution in [1.29, 1.82) is 0 Å². The average molecular weight is 302 g/mol. The molecular formula is C17H23BO4. The Kier molecular flexibility index (Phi) is 4.28. The van der Waals surface area contributed by atoms with Crippen LogP contribution in [0.5, 0.6) is 0 Å². The van der Waals surface area contributed by atoms with Crippen LogP contribution in [0.4, 0.5) is 0 Å². The van der Waals surface area contributed by atoms with E-state index in [1.165, 1.54) is 0 Å². The summed E-state index contributed by atoms with van der Waals surface area (Å²) in [5.41, 5.74) is 0.474. The Balaban J connectivity index is 1.64. The highest BCUT2D eigenvalue weighted by Crippen LogP contribution is 2.50. The lowest BCUT2D eigenvalue weighted by Gasteiger charge is -2.36. The van der Waals surface area contributed by atoms with E-state index in [2.05, 4.69) is 13.8 Å². The number of fused-ring (bicyclic) bond motifs is 2. The van der Waals surface area contributed by atoms with Crippen LogP contribution in [0.2, 0.25) is 0 Å². The molecule has 0 saturated carbocycles. The van der Waals surface area contributed by atoms with Crippen LogP contribution < -0.4 is 0 Å². The van der Waals surface area contributed by atoms with Crippen molar-refractivity contribution in [3.8, 4) is 0 Å². The van der Waals surface area contributed by atoms with Crippen LogP contribution in [0.25, 0.3) is 0 Å². The summed E-state index contributed by atoms with van der Waals surface area (Å²) in [6.07, 6.45) is 1.18. The lowest BCUT2D eigenvalue weighted by molar-refractivity contribution is -0.180. The predicted molar refractivity (Wildman–Crippen MR) is 85.1 cm³/mol. The van der Waals surface area contributed by atoms with E-state index in [-0.39, 0.29) is 36.5 Å². The van der Waals surface area contributed by atoms with Gasteiger partial charge in [0.15, 0.2) is 0 Å². The number of hydrogen-bond acceptors (Lipinski definition) is 4. The Bertz CT molecular complexity index is 531. The first-order valence-electron chi connectivity index (χ1n) is 8.09. The Morgan fingerprint density at radius 2 is 2.09 bits per heavy atom. The molecule has 0 spiro atoms. The van der Waals surface area contributed by atoms with Crippen LogP contribution in [0, 0.1) is 5.92 Å². The van der Waals surface area contributed by atoms with E-state index < -0.39 is 5.60 Å². The quantitative estimate of drug-likeness (QED) is 0.613. The molecule has 0 aromatic heterocycles. The number of ether oxygens (including phenoxy) is 3. The Hall–Kier alpha value is -1.33. The molecule has 5 atom stereocenters. The van der Waals surface area contributed by atoms with Gasteiger partial charge in [0.2, 0.25) is 0 Å². The Morgan fingerprint density at radius 1 is 1.36 bits per heavy atom. The van der Waals surface area contributed by atoms with E-state index in [1.54, 1.807) is 0 Å². The van der Waals surface area contributed by atoms with E-state index in [0.29, 0.717) is 6.61 Å². The fourth-order valence-electron chi connectivity index (χ4n) is 3.88. The van der Waals surface area contributed by atoms with Crippen molar-refractivity contribution in [2.45, 2.75) is 57.1 Å². The third kappa shape index (κ3) is 2.57. The summed E-state index contributed by atoms with van der Waals surface area (Å²) in [5.74, 6) is 0.00392. The van der Waals surface area contributed by atoms with Gasteiger partial charge < -0.3 is 14.2 Å². The number of esters is 1. The molecule has 1 aromatic rings. The highest BCUT2D eigenvalue weighted by Gasteiger charge is 2.63. The smallest absolute Gasteiger partial charge is 0.309 e. The van der Waals surface area contributed by atoms with Gasteiger partial charge in [-0.3, -0.25) is 4.79 Å². The van der Waals surface area contributed by atoms with Gasteiger partial charge in [0.25, 0.3) is 0 Å². The first kappa shape index (κ1) is 15.6. The summed E-state index contributed by atoms with van der Waals surface area (Å²) in [6.45, 7) is 4.50. The zero-order valence-electron chi connectivity index (χ0n) is 13.5. The highest BCUT2D eigenvalue weighted by molar-refractivity contribution is 6.11. The first-order chi connectivity index (χ1) is 10.6. The molecule has 1 aromatic carbocycles. The second kappa shape index (κ2) is 6.05. The third-order valence-corrected chi connectivity index (χ3v) is 5.03. The van der Waals surface area contributed by atoms with Crippen LogP contribution in [0.1, 0.15) is 32.3 Å². The fraction of sp³-hybridized carbons (Fsp3) is 0.588. The molecule has 4 nitrogen and oxygen atoms in total. The van der Waals surface area contributed by atoms with E-state index in [4.69, 9.17) is 14.2 Å².